The van der Waals surface area contributed by atoms with Crippen molar-refractivity contribution in [1.82, 2.24) is 10.6 Å². The largest absolute Gasteiger partial charge is 0.311 e. The first kappa shape index (κ1) is 9.30. The molecule has 2 nitrogen and oxygen atoms in total. The quantitative estimate of drug-likeness (QED) is 0.496. The molecule has 3 heteroatoms. The van der Waals surface area contributed by atoms with E-state index in [1.54, 1.807) is 0 Å². The van der Waals surface area contributed by atoms with Crippen LogP contribution in [-0.2, 0) is 0 Å². The van der Waals surface area contributed by atoms with Crippen molar-refractivity contribution in [2.24, 2.45) is 5.92 Å². The fourth-order valence-electron chi connectivity index (χ4n) is 1.61. The van der Waals surface area contributed by atoms with Crippen molar-refractivity contribution in [1.29, 1.82) is 0 Å². The number of alkyl halides is 1. The minimum atomic E-state index is -0.162. The predicted molar refractivity (Wildman–Crippen MR) is 48.9 cm³/mol. The number of hydrogen-bond donors (Lipinski definition) is 2. The van der Waals surface area contributed by atoms with Gasteiger partial charge < -0.3 is 5.32 Å². The van der Waals surface area contributed by atoms with Crippen LogP contribution in [0.4, 0.5) is 0 Å². The molecule has 0 bridgehead atoms. The lowest BCUT2D eigenvalue weighted by Gasteiger charge is -2.09. The van der Waals surface area contributed by atoms with Crippen LogP contribution in [0.5, 0.6) is 0 Å². The third kappa shape index (κ3) is 1.53. The van der Waals surface area contributed by atoms with Crippen LogP contribution in [0.25, 0.3) is 0 Å². The predicted octanol–water partition coefficient (Wildman–Crippen LogP) is 1.16. The van der Waals surface area contributed by atoms with Gasteiger partial charge in [0.15, 0.2) is 0 Å². The summed E-state index contributed by atoms with van der Waals surface area (Å²) >= 11 is 6.27. The van der Waals surface area contributed by atoms with Crippen molar-refractivity contribution in [2.75, 3.05) is 13.1 Å². The van der Waals surface area contributed by atoms with Gasteiger partial charge in [-0.15, -0.1) is 11.6 Å². The molecule has 1 aliphatic rings. The molecule has 0 amide bonds. The number of nitrogens with one attached hydrogen (secondary N) is 2. The van der Waals surface area contributed by atoms with Gasteiger partial charge in [-0.3, -0.25) is 5.32 Å². The van der Waals surface area contributed by atoms with Crippen molar-refractivity contribution in [3.8, 4) is 0 Å². The van der Waals surface area contributed by atoms with Crippen LogP contribution in [-0.4, -0.2) is 24.1 Å². The molecule has 1 aliphatic carbocycles. The van der Waals surface area contributed by atoms with Gasteiger partial charge in [0, 0.05) is 12.0 Å². The smallest absolute Gasteiger partial charge is 0.114 e. The number of halogens is 1. The Hall–Kier alpha value is 0.210. The van der Waals surface area contributed by atoms with Crippen molar-refractivity contribution >= 4 is 11.6 Å². The van der Waals surface area contributed by atoms with Crippen LogP contribution in [0.15, 0.2) is 0 Å². The molecule has 1 fully saturated rings. The first-order chi connectivity index (χ1) is 5.16. The summed E-state index contributed by atoms with van der Waals surface area (Å²) < 4.78 is 0. The molecule has 1 saturated carbocycles. The highest BCUT2D eigenvalue weighted by Crippen LogP contribution is 2.46. The molecule has 0 aliphatic heterocycles. The van der Waals surface area contributed by atoms with Gasteiger partial charge >= 0.3 is 0 Å². The Morgan fingerprint density at radius 1 is 1.36 bits per heavy atom. The Kier molecular flexibility index (Phi) is 2.79. The van der Waals surface area contributed by atoms with Gasteiger partial charge in [-0.1, -0.05) is 20.8 Å². The zero-order valence-electron chi connectivity index (χ0n) is 7.45. The molecule has 0 spiro atoms. The van der Waals surface area contributed by atoms with E-state index in [0.29, 0.717) is 12.0 Å². The number of rotatable bonds is 4. The molecule has 11 heavy (non-hydrogen) atoms. The Morgan fingerprint density at radius 2 is 2.00 bits per heavy atom. The van der Waals surface area contributed by atoms with Gasteiger partial charge in [-0.2, -0.15) is 0 Å². The lowest BCUT2D eigenvalue weighted by Crippen LogP contribution is -2.34. The van der Waals surface area contributed by atoms with Crippen LogP contribution in [0.3, 0.4) is 0 Å². The van der Waals surface area contributed by atoms with Gasteiger partial charge in [0.05, 0.1) is 0 Å². The highest BCUT2D eigenvalue weighted by molar-refractivity contribution is 6.26. The minimum Gasteiger partial charge on any atom is -0.311 e. The van der Waals surface area contributed by atoms with Crippen LogP contribution in [0, 0.1) is 5.92 Å². The van der Waals surface area contributed by atoms with Crippen molar-refractivity contribution in [2.45, 2.75) is 31.8 Å². The number of hydrogen-bond acceptors (Lipinski definition) is 2. The maximum Gasteiger partial charge on any atom is 0.114 e. The van der Waals surface area contributed by atoms with E-state index >= 15 is 0 Å². The average molecular weight is 177 g/mol. The summed E-state index contributed by atoms with van der Waals surface area (Å²) in [4.78, 5) is -0.162. The van der Waals surface area contributed by atoms with E-state index in [-0.39, 0.29) is 5.00 Å². The molecular formula is C8H17ClN2. The summed E-state index contributed by atoms with van der Waals surface area (Å²) in [6.07, 6.45) is 0. The van der Waals surface area contributed by atoms with Crippen molar-refractivity contribution < 1.29 is 0 Å². The zero-order chi connectivity index (χ0) is 8.48. The van der Waals surface area contributed by atoms with E-state index < -0.39 is 0 Å². The molecule has 0 radical (unpaired) electrons. The summed E-state index contributed by atoms with van der Waals surface area (Å²) in [7, 11) is 0. The third-order valence-corrected chi connectivity index (χ3v) is 3.09. The van der Waals surface area contributed by atoms with Crippen LogP contribution in [0.2, 0.25) is 0 Å². The Morgan fingerprint density at radius 3 is 2.45 bits per heavy atom. The maximum atomic E-state index is 6.27. The SMILES string of the molecule is CCNC1C(C)C1(Cl)NCC. The fraction of sp³-hybridized carbons (Fsp3) is 1.00. The van der Waals surface area contributed by atoms with Crippen molar-refractivity contribution in [3.63, 3.8) is 0 Å². The zero-order valence-corrected chi connectivity index (χ0v) is 8.20. The molecule has 0 aromatic carbocycles. The Balaban J connectivity index is 2.37. The Labute approximate surface area is 73.7 Å². The van der Waals surface area contributed by atoms with Gasteiger partial charge in [-0.25, -0.2) is 0 Å². The van der Waals surface area contributed by atoms with Gasteiger partial charge in [0.1, 0.15) is 5.00 Å². The lowest BCUT2D eigenvalue weighted by atomic mass is 10.4. The summed E-state index contributed by atoms with van der Waals surface area (Å²) in [6.45, 7) is 8.29. The third-order valence-electron chi connectivity index (χ3n) is 2.38. The standard InChI is InChI=1S/C8H17ClN2/c1-4-10-7-6(3)8(7,9)11-5-2/h6-7,10-11H,4-5H2,1-3H3. The molecule has 0 saturated heterocycles. The number of likely N-dealkylation sites (N-methyl/N-ethyl adjacent to an activating group) is 2. The monoisotopic (exact) mass is 176 g/mol. The van der Waals surface area contributed by atoms with Gasteiger partial charge in [-0.05, 0) is 13.1 Å². The van der Waals surface area contributed by atoms with E-state index in [2.05, 4.69) is 31.4 Å². The molecular weight excluding hydrogens is 160 g/mol. The molecule has 66 valence electrons. The summed E-state index contributed by atoms with van der Waals surface area (Å²) in [5.74, 6) is 0.545. The molecule has 0 aromatic rings. The van der Waals surface area contributed by atoms with Gasteiger partial charge in [0.2, 0.25) is 0 Å². The lowest BCUT2D eigenvalue weighted by molar-refractivity contribution is 0.591. The van der Waals surface area contributed by atoms with E-state index in [0.717, 1.165) is 13.1 Å². The summed E-state index contributed by atoms with van der Waals surface area (Å²) in [5.41, 5.74) is 0. The highest BCUT2D eigenvalue weighted by atomic mass is 35.5. The molecule has 3 unspecified atom stereocenters. The topological polar surface area (TPSA) is 24.1 Å². The molecule has 3 atom stereocenters. The second-order valence-corrected chi connectivity index (χ2v) is 3.75. The second kappa shape index (κ2) is 3.30. The summed E-state index contributed by atoms with van der Waals surface area (Å²) in [6, 6.07) is 0.453. The fourth-order valence-corrected chi connectivity index (χ4v) is 2.07. The normalized spacial score (nSPS) is 42.5. The second-order valence-electron chi connectivity index (χ2n) is 3.12. The van der Waals surface area contributed by atoms with E-state index in [1.165, 1.54) is 0 Å². The van der Waals surface area contributed by atoms with E-state index in [1.807, 2.05) is 0 Å². The van der Waals surface area contributed by atoms with Gasteiger partial charge in [0.25, 0.3) is 0 Å². The van der Waals surface area contributed by atoms with Crippen LogP contribution < -0.4 is 10.6 Å². The molecule has 1 rings (SSSR count). The molecule has 0 heterocycles. The van der Waals surface area contributed by atoms with Crippen LogP contribution >= 0.6 is 11.6 Å². The van der Waals surface area contributed by atoms with Crippen molar-refractivity contribution in [3.05, 3.63) is 0 Å². The highest BCUT2D eigenvalue weighted by Gasteiger charge is 2.60. The maximum absolute atomic E-state index is 6.27. The Bertz CT molecular complexity index is 140. The first-order valence-corrected chi connectivity index (χ1v) is 4.71. The van der Waals surface area contributed by atoms with E-state index in [4.69, 9.17) is 11.6 Å². The molecule has 2 N–H and O–H groups in total. The van der Waals surface area contributed by atoms with Crippen LogP contribution in [0.1, 0.15) is 20.8 Å². The minimum absolute atomic E-state index is 0.162. The molecule has 0 aromatic heterocycles. The van der Waals surface area contributed by atoms with E-state index in [9.17, 15) is 0 Å². The summed E-state index contributed by atoms with van der Waals surface area (Å²) in [5, 5.41) is 6.63. The average Bonchev–Trinajstić information content (AvgIpc) is 2.43. The first-order valence-electron chi connectivity index (χ1n) is 4.34.